The summed E-state index contributed by atoms with van der Waals surface area (Å²) in [6.45, 7) is 9.38. The zero-order valence-electron chi connectivity index (χ0n) is 19.6. The first-order valence-corrected chi connectivity index (χ1v) is 11.3. The van der Waals surface area contributed by atoms with Gasteiger partial charge in [0, 0.05) is 32.7 Å². The molecule has 2 atom stereocenters. The molecule has 1 aliphatic heterocycles. The Hall–Kier alpha value is -1.88. The lowest BCUT2D eigenvalue weighted by Crippen LogP contribution is -2.47. The number of ether oxygens (including phenoxy) is 2. The molecule has 0 bridgehead atoms. The molecule has 0 amide bonds. The Labute approximate surface area is 208 Å². The molecule has 0 spiro atoms. The number of nitrogens with zero attached hydrogens (tertiary/aromatic N) is 4. The highest BCUT2D eigenvalue weighted by atomic mass is 127. The van der Waals surface area contributed by atoms with Crippen LogP contribution in [-0.4, -0.2) is 59.7 Å². The summed E-state index contributed by atoms with van der Waals surface area (Å²) in [5.41, 5.74) is 2.40. The molecule has 3 rings (SSSR count). The maximum absolute atomic E-state index is 5.84. The second-order valence-corrected chi connectivity index (χ2v) is 8.00. The van der Waals surface area contributed by atoms with Crippen LogP contribution in [0.2, 0.25) is 0 Å². The van der Waals surface area contributed by atoms with Crippen molar-refractivity contribution in [3.63, 3.8) is 0 Å². The van der Waals surface area contributed by atoms with Crippen molar-refractivity contribution < 1.29 is 9.47 Å². The van der Waals surface area contributed by atoms with Gasteiger partial charge in [-0.3, -0.25) is 4.99 Å². The van der Waals surface area contributed by atoms with Gasteiger partial charge in [0.25, 0.3) is 0 Å². The average molecular weight is 556 g/mol. The van der Waals surface area contributed by atoms with E-state index in [0.717, 1.165) is 62.9 Å². The number of hydrogen-bond acceptors (Lipinski definition) is 5. The van der Waals surface area contributed by atoms with Crippen molar-refractivity contribution in [2.24, 2.45) is 4.99 Å². The van der Waals surface area contributed by atoms with Crippen molar-refractivity contribution in [3.05, 3.63) is 41.5 Å². The minimum absolute atomic E-state index is 0. The van der Waals surface area contributed by atoms with Crippen LogP contribution in [0, 0.1) is 6.92 Å². The van der Waals surface area contributed by atoms with Gasteiger partial charge in [-0.15, -0.1) is 34.2 Å². The summed E-state index contributed by atoms with van der Waals surface area (Å²) in [7, 11) is 1.71. The summed E-state index contributed by atoms with van der Waals surface area (Å²) >= 11 is 0. The van der Waals surface area contributed by atoms with Crippen molar-refractivity contribution in [2.45, 2.75) is 65.1 Å². The molecule has 1 aromatic heterocycles. The molecule has 1 aliphatic rings. The van der Waals surface area contributed by atoms with E-state index in [-0.39, 0.29) is 36.1 Å². The summed E-state index contributed by atoms with van der Waals surface area (Å²) in [5, 5.41) is 15.2. The molecule has 2 heterocycles. The predicted molar refractivity (Wildman–Crippen MR) is 138 cm³/mol. The lowest BCUT2D eigenvalue weighted by atomic mass is 10.1. The van der Waals surface area contributed by atoms with Gasteiger partial charge in [0.2, 0.25) is 0 Å². The van der Waals surface area contributed by atoms with E-state index in [9.17, 15) is 0 Å². The molecule has 2 unspecified atom stereocenters. The minimum Gasteiger partial charge on any atom is -0.496 e. The van der Waals surface area contributed by atoms with E-state index in [4.69, 9.17) is 14.5 Å². The van der Waals surface area contributed by atoms with Crippen LogP contribution in [0.5, 0.6) is 5.75 Å². The molecule has 0 radical (unpaired) electrons. The highest BCUT2D eigenvalue weighted by molar-refractivity contribution is 14.0. The molecule has 1 saturated heterocycles. The third kappa shape index (κ3) is 7.61. The topological polar surface area (TPSA) is 85.6 Å². The summed E-state index contributed by atoms with van der Waals surface area (Å²) in [4.78, 5) is 4.84. The Morgan fingerprint density at radius 2 is 2.25 bits per heavy atom. The van der Waals surface area contributed by atoms with Crippen molar-refractivity contribution in [1.82, 2.24) is 25.4 Å². The number of aromatic nitrogens is 3. The van der Waals surface area contributed by atoms with Gasteiger partial charge >= 0.3 is 0 Å². The van der Waals surface area contributed by atoms with Crippen molar-refractivity contribution in [3.8, 4) is 5.75 Å². The van der Waals surface area contributed by atoms with Crippen LogP contribution in [0.4, 0.5) is 0 Å². The quantitative estimate of drug-likeness (QED) is 0.266. The van der Waals surface area contributed by atoms with Gasteiger partial charge in [0.05, 0.1) is 19.3 Å². The van der Waals surface area contributed by atoms with E-state index in [1.165, 1.54) is 11.1 Å². The minimum atomic E-state index is 0. The van der Waals surface area contributed by atoms with Gasteiger partial charge in [-0.25, -0.2) is 0 Å². The van der Waals surface area contributed by atoms with E-state index in [2.05, 4.69) is 58.3 Å². The second kappa shape index (κ2) is 13.6. The molecular formula is C23H37IN6O2. The Bertz CT molecular complexity index is 851. The fourth-order valence-electron chi connectivity index (χ4n) is 3.88. The van der Waals surface area contributed by atoms with E-state index in [1.54, 1.807) is 13.4 Å². The number of methoxy groups -OCH3 is 1. The van der Waals surface area contributed by atoms with Crippen molar-refractivity contribution in [1.29, 1.82) is 0 Å². The van der Waals surface area contributed by atoms with Gasteiger partial charge < -0.3 is 24.7 Å². The van der Waals surface area contributed by atoms with Crippen LogP contribution < -0.4 is 15.4 Å². The number of aliphatic imine (C=N–C) groups is 1. The molecule has 32 heavy (non-hydrogen) atoms. The summed E-state index contributed by atoms with van der Waals surface area (Å²) in [6, 6.07) is 6.46. The van der Waals surface area contributed by atoms with Gasteiger partial charge in [-0.1, -0.05) is 24.6 Å². The summed E-state index contributed by atoms with van der Waals surface area (Å²) in [5.74, 6) is 2.71. The third-order valence-electron chi connectivity index (χ3n) is 5.63. The molecule has 9 heteroatoms. The lowest BCUT2D eigenvalue weighted by molar-refractivity contribution is 0.0890. The largest absolute Gasteiger partial charge is 0.496 e. The number of aryl methyl sites for hydroxylation is 2. The van der Waals surface area contributed by atoms with Crippen LogP contribution in [0.1, 0.15) is 43.6 Å². The number of halogens is 1. The first-order chi connectivity index (χ1) is 15.1. The zero-order chi connectivity index (χ0) is 22.1. The fraction of sp³-hybridized carbons (Fsp3) is 0.609. The molecule has 178 valence electrons. The Balaban J connectivity index is 0.00000363. The van der Waals surface area contributed by atoms with Crippen molar-refractivity contribution >= 4 is 29.9 Å². The Kier molecular flexibility index (Phi) is 11.2. The normalized spacial score (nSPS) is 17.0. The molecule has 2 N–H and O–H groups in total. The molecule has 1 aromatic carbocycles. The first kappa shape index (κ1) is 26.4. The van der Waals surface area contributed by atoms with Crippen LogP contribution >= 0.6 is 24.0 Å². The zero-order valence-corrected chi connectivity index (χ0v) is 22.0. The summed E-state index contributed by atoms with van der Waals surface area (Å²) in [6.07, 6.45) is 5.91. The van der Waals surface area contributed by atoms with E-state index >= 15 is 0 Å². The molecule has 8 nitrogen and oxygen atoms in total. The number of benzene rings is 1. The lowest BCUT2D eigenvalue weighted by Gasteiger charge is -2.23. The molecule has 2 aromatic rings. The molecule has 0 aliphatic carbocycles. The first-order valence-electron chi connectivity index (χ1n) is 11.3. The predicted octanol–water partition coefficient (Wildman–Crippen LogP) is 3.12. The highest BCUT2D eigenvalue weighted by Crippen LogP contribution is 2.20. The smallest absolute Gasteiger partial charge is 0.191 e. The van der Waals surface area contributed by atoms with Gasteiger partial charge in [0.1, 0.15) is 17.9 Å². The Morgan fingerprint density at radius 3 is 2.97 bits per heavy atom. The monoisotopic (exact) mass is 556 g/mol. The van der Waals surface area contributed by atoms with Gasteiger partial charge in [0.15, 0.2) is 5.96 Å². The number of hydrogen-bond donors (Lipinski definition) is 2. The maximum Gasteiger partial charge on any atom is 0.191 e. The van der Waals surface area contributed by atoms with E-state index < -0.39 is 0 Å². The third-order valence-corrected chi connectivity index (χ3v) is 5.63. The van der Waals surface area contributed by atoms with E-state index in [0.29, 0.717) is 6.54 Å². The van der Waals surface area contributed by atoms with Crippen LogP contribution in [0.15, 0.2) is 29.5 Å². The van der Waals surface area contributed by atoms with Gasteiger partial charge in [-0.2, -0.15) is 0 Å². The van der Waals surface area contributed by atoms with E-state index in [1.807, 2.05) is 6.07 Å². The van der Waals surface area contributed by atoms with Crippen LogP contribution in [0.25, 0.3) is 0 Å². The van der Waals surface area contributed by atoms with Crippen LogP contribution in [0.3, 0.4) is 0 Å². The van der Waals surface area contributed by atoms with Crippen molar-refractivity contribution in [2.75, 3.05) is 26.8 Å². The Morgan fingerprint density at radius 1 is 1.41 bits per heavy atom. The standard InChI is InChI=1S/C23H36N6O2.HI/c1-5-22-28-26-16-29(22)13-12-25-23(27-18(3)20-7-6-14-31-20)24-11-10-19-15-17(2)8-9-21(19)30-4;/h8-9,15-16,18,20H,5-7,10-14H2,1-4H3,(H2,24,25,27);1H. The molecule has 1 fully saturated rings. The number of nitrogens with one attached hydrogen (secondary N) is 2. The number of rotatable bonds is 10. The van der Waals surface area contributed by atoms with Crippen LogP contribution in [-0.2, 0) is 24.1 Å². The maximum atomic E-state index is 5.84. The molecular weight excluding hydrogens is 519 g/mol. The average Bonchev–Trinajstić information content (AvgIpc) is 3.46. The number of guanidine groups is 1. The second-order valence-electron chi connectivity index (χ2n) is 8.00. The summed E-state index contributed by atoms with van der Waals surface area (Å²) < 4.78 is 13.4. The SMILES string of the molecule is CCc1nncn1CCNC(=NCCc1cc(C)ccc1OC)NC(C)C1CCCO1.I. The highest BCUT2D eigenvalue weighted by Gasteiger charge is 2.23. The fourth-order valence-corrected chi connectivity index (χ4v) is 3.88. The van der Waals surface area contributed by atoms with Gasteiger partial charge in [-0.05, 0) is 44.7 Å². The molecule has 0 saturated carbocycles.